The van der Waals surface area contributed by atoms with Gasteiger partial charge in [0.2, 0.25) is 0 Å². The zero-order chi connectivity index (χ0) is 15.4. The number of aliphatic hydroxyl groups is 1. The summed E-state index contributed by atoms with van der Waals surface area (Å²) in [5.41, 5.74) is 2.94. The van der Waals surface area contributed by atoms with Gasteiger partial charge in [-0.2, -0.15) is 5.10 Å². The molecule has 0 spiro atoms. The maximum Gasteiger partial charge on any atom is 0.131 e. The van der Waals surface area contributed by atoms with E-state index in [2.05, 4.69) is 34.9 Å². The van der Waals surface area contributed by atoms with Gasteiger partial charge in [0, 0.05) is 6.54 Å². The predicted octanol–water partition coefficient (Wildman–Crippen LogP) is 3.86. The van der Waals surface area contributed by atoms with Crippen LogP contribution in [0.5, 0.6) is 5.75 Å². The molecule has 2 aromatic rings. The molecule has 0 aliphatic heterocycles. The van der Waals surface area contributed by atoms with E-state index in [0.717, 1.165) is 40.1 Å². The first-order valence-electron chi connectivity index (χ1n) is 7.21. The van der Waals surface area contributed by atoms with Crippen LogP contribution in [0.2, 0.25) is 0 Å². The number of aryl methyl sites for hydroxylation is 2. The highest BCUT2D eigenvalue weighted by Crippen LogP contribution is 2.25. The van der Waals surface area contributed by atoms with E-state index in [0.29, 0.717) is 6.61 Å². The average molecular weight is 353 g/mol. The Morgan fingerprint density at radius 1 is 1.38 bits per heavy atom. The van der Waals surface area contributed by atoms with Gasteiger partial charge in [-0.15, -0.1) is 0 Å². The van der Waals surface area contributed by atoms with E-state index >= 15 is 0 Å². The molecule has 0 aliphatic rings. The molecule has 5 heteroatoms. The summed E-state index contributed by atoms with van der Waals surface area (Å²) in [6.45, 7) is 7.16. The van der Waals surface area contributed by atoms with Crippen LogP contribution in [0.3, 0.4) is 0 Å². The monoisotopic (exact) mass is 352 g/mol. The molecule has 0 radical (unpaired) electrons. The first-order chi connectivity index (χ1) is 10.1. The molecule has 0 saturated heterocycles. The van der Waals surface area contributed by atoms with Crippen molar-refractivity contribution in [3.63, 3.8) is 0 Å². The van der Waals surface area contributed by atoms with Crippen LogP contribution in [0, 0.1) is 0 Å². The van der Waals surface area contributed by atoms with Crippen molar-refractivity contribution in [2.24, 2.45) is 0 Å². The molecule has 1 unspecified atom stereocenters. The highest BCUT2D eigenvalue weighted by Gasteiger charge is 2.14. The van der Waals surface area contributed by atoms with Gasteiger partial charge in [-0.1, -0.05) is 19.1 Å². The maximum absolute atomic E-state index is 9.62. The van der Waals surface area contributed by atoms with E-state index in [1.54, 1.807) is 6.92 Å². The molecule has 1 aromatic carbocycles. The fourth-order valence-electron chi connectivity index (χ4n) is 2.17. The number of hydrogen-bond acceptors (Lipinski definition) is 3. The molecule has 114 valence electrons. The topological polar surface area (TPSA) is 47.3 Å². The second-order valence-corrected chi connectivity index (χ2v) is 5.71. The SMILES string of the molecule is CCc1nn(CC)c(COc2cccc(C(C)O)c2)c1Br. The lowest BCUT2D eigenvalue weighted by Crippen LogP contribution is -2.07. The number of hydrogen-bond donors (Lipinski definition) is 1. The van der Waals surface area contributed by atoms with E-state index in [4.69, 9.17) is 4.74 Å². The minimum atomic E-state index is -0.492. The van der Waals surface area contributed by atoms with Gasteiger partial charge in [0.25, 0.3) is 0 Å². The van der Waals surface area contributed by atoms with Crippen LogP contribution in [-0.4, -0.2) is 14.9 Å². The van der Waals surface area contributed by atoms with Crippen molar-refractivity contribution in [1.29, 1.82) is 0 Å². The summed E-state index contributed by atoms with van der Waals surface area (Å²) in [5.74, 6) is 0.752. The van der Waals surface area contributed by atoms with Crippen LogP contribution in [-0.2, 0) is 19.6 Å². The third kappa shape index (κ3) is 3.66. The molecule has 1 heterocycles. The van der Waals surface area contributed by atoms with Crippen LogP contribution in [0.1, 0.15) is 43.8 Å². The number of aromatic nitrogens is 2. The number of benzene rings is 1. The quantitative estimate of drug-likeness (QED) is 0.858. The Kier molecular flexibility index (Phi) is 5.42. The highest BCUT2D eigenvalue weighted by atomic mass is 79.9. The van der Waals surface area contributed by atoms with Crippen molar-refractivity contribution in [2.45, 2.75) is 46.4 Å². The van der Waals surface area contributed by atoms with Crippen molar-refractivity contribution in [2.75, 3.05) is 0 Å². The Morgan fingerprint density at radius 3 is 2.76 bits per heavy atom. The molecule has 21 heavy (non-hydrogen) atoms. The van der Waals surface area contributed by atoms with Gasteiger partial charge in [0.15, 0.2) is 0 Å². The summed E-state index contributed by atoms with van der Waals surface area (Å²) < 4.78 is 8.85. The Labute approximate surface area is 133 Å². The lowest BCUT2D eigenvalue weighted by molar-refractivity contribution is 0.198. The van der Waals surface area contributed by atoms with Crippen molar-refractivity contribution in [3.8, 4) is 5.75 Å². The summed E-state index contributed by atoms with van der Waals surface area (Å²) in [7, 11) is 0. The number of halogens is 1. The van der Waals surface area contributed by atoms with E-state index in [1.807, 2.05) is 28.9 Å². The normalized spacial score (nSPS) is 12.4. The van der Waals surface area contributed by atoms with Crippen molar-refractivity contribution in [3.05, 3.63) is 45.7 Å². The minimum Gasteiger partial charge on any atom is -0.487 e. The number of nitrogens with zero attached hydrogens (tertiary/aromatic N) is 2. The van der Waals surface area contributed by atoms with E-state index in [-0.39, 0.29) is 0 Å². The lowest BCUT2D eigenvalue weighted by Gasteiger charge is -2.11. The third-order valence-corrected chi connectivity index (χ3v) is 4.33. The van der Waals surface area contributed by atoms with Crippen molar-refractivity contribution in [1.82, 2.24) is 9.78 Å². The number of ether oxygens (including phenoxy) is 1. The summed E-state index contributed by atoms with van der Waals surface area (Å²) in [6, 6.07) is 7.54. The zero-order valence-corrected chi connectivity index (χ0v) is 14.2. The lowest BCUT2D eigenvalue weighted by atomic mass is 10.1. The molecule has 0 aliphatic carbocycles. The molecule has 1 aromatic heterocycles. The number of rotatable bonds is 6. The van der Waals surface area contributed by atoms with E-state index < -0.39 is 6.10 Å². The van der Waals surface area contributed by atoms with Crippen molar-refractivity contribution >= 4 is 15.9 Å². The Bertz CT molecular complexity index is 608. The van der Waals surface area contributed by atoms with Gasteiger partial charge in [0.1, 0.15) is 12.4 Å². The molecular formula is C16H21BrN2O2. The van der Waals surface area contributed by atoms with Gasteiger partial charge in [-0.25, -0.2) is 0 Å². The van der Waals surface area contributed by atoms with Crippen LogP contribution < -0.4 is 4.74 Å². The third-order valence-electron chi connectivity index (χ3n) is 3.41. The van der Waals surface area contributed by atoms with Gasteiger partial charge in [-0.3, -0.25) is 4.68 Å². The van der Waals surface area contributed by atoms with Gasteiger partial charge in [-0.05, 0) is 53.9 Å². The van der Waals surface area contributed by atoms with Crippen LogP contribution in [0.15, 0.2) is 28.7 Å². The molecule has 1 atom stereocenters. The molecular weight excluding hydrogens is 332 g/mol. The van der Waals surface area contributed by atoms with Gasteiger partial charge in [0.05, 0.1) is 22.0 Å². The second-order valence-electron chi connectivity index (χ2n) is 4.91. The fourth-order valence-corrected chi connectivity index (χ4v) is 2.85. The van der Waals surface area contributed by atoms with Crippen LogP contribution in [0.25, 0.3) is 0 Å². The van der Waals surface area contributed by atoms with Crippen LogP contribution >= 0.6 is 15.9 Å². The highest BCUT2D eigenvalue weighted by molar-refractivity contribution is 9.10. The molecule has 0 bridgehead atoms. The fraction of sp³-hybridized carbons (Fsp3) is 0.438. The first kappa shape index (κ1) is 16.0. The second kappa shape index (κ2) is 7.09. The summed E-state index contributed by atoms with van der Waals surface area (Å²) in [5, 5.41) is 14.2. The van der Waals surface area contributed by atoms with Crippen LogP contribution in [0.4, 0.5) is 0 Å². The van der Waals surface area contributed by atoms with E-state index in [1.165, 1.54) is 0 Å². The Balaban J connectivity index is 2.16. The predicted molar refractivity (Wildman–Crippen MR) is 86.4 cm³/mol. The van der Waals surface area contributed by atoms with Crippen molar-refractivity contribution < 1.29 is 9.84 Å². The maximum atomic E-state index is 9.62. The Hall–Kier alpha value is -1.33. The first-order valence-corrected chi connectivity index (χ1v) is 8.01. The largest absolute Gasteiger partial charge is 0.487 e. The summed E-state index contributed by atoms with van der Waals surface area (Å²) in [6.07, 6.45) is 0.395. The smallest absolute Gasteiger partial charge is 0.131 e. The molecule has 1 N–H and O–H groups in total. The zero-order valence-electron chi connectivity index (χ0n) is 12.6. The molecule has 2 rings (SSSR count). The number of aliphatic hydroxyl groups excluding tert-OH is 1. The summed E-state index contributed by atoms with van der Waals surface area (Å²) >= 11 is 3.61. The molecule has 0 amide bonds. The summed E-state index contributed by atoms with van der Waals surface area (Å²) in [4.78, 5) is 0. The van der Waals surface area contributed by atoms with Gasteiger partial charge >= 0.3 is 0 Å². The molecule has 0 fully saturated rings. The average Bonchev–Trinajstić information content (AvgIpc) is 2.81. The molecule has 4 nitrogen and oxygen atoms in total. The van der Waals surface area contributed by atoms with E-state index in [9.17, 15) is 5.11 Å². The standard InChI is InChI=1S/C16H21BrN2O2/c1-4-14-16(17)15(19(5-2)18-14)10-21-13-8-6-7-12(9-13)11(3)20/h6-9,11,20H,4-5,10H2,1-3H3. The van der Waals surface area contributed by atoms with Gasteiger partial charge < -0.3 is 9.84 Å². The Morgan fingerprint density at radius 2 is 2.14 bits per heavy atom. The molecule has 0 saturated carbocycles. The minimum absolute atomic E-state index is 0.449.